The van der Waals surface area contributed by atoms with E-state index in [0.29, 0.717) is 100 Å². The fraction of sp³-hybridized carbons (Fsp3) is 0.268. The molecule has 0 saturated carbocycles. The van der Waals surface area contributed by atoms with Crippen LogP contribution in [0.2, 0.25) is 5.02 Å². The highest BCUT2D eigenvalue weighted by Crippen LogP contribution is 2.39. The number of amides is 2. The lowest BCUT2D eigenvalue weighted by atomic mass is 10.0. The zero-order valence-corrected chi connectivity index (χ0v) is 35.4. The molecule has 1 aromatic heterocycles. The summed E-state index contributed by atoms with van der Waals surface area (Å²) in [5, 5.41) is 9.46. The van der Waals surface area contributed by atoms with Gasteiger partial charge in [-0.15, -0.1) is 0 Å². The van der Waals surface area contributed by atoms with Gasteiger partial charge in [-0.2, -0.15) is 0 Å². The zero-order valence-electron chi connectivity index (χ0n) is 31.5. The van der Waals surface area contributed by atoms with Crippen LogP contribution >= 0.6 is 43.5 Å². The third kappa shape index (κ3) is 11.4. The van der Waals surface area contributed by atoms with Crippen molar-refractivity contribution in [2.24, 2.45) is 0 Å². The molecular formula is C41H39Br2ClFN5O8. The summed E-state index contributed by atoms with van der Waals surface area (Å²) >= 11 is 13.0. The van der Waals surface area contributed by atoms with Crippen LogP contribution in [0.1, 0.15) is 16.7 Å². The number of anilines is 3. The van der Waals surface area contributed by atoms with Gasteiger partial charge in [0, 0.05) is 40.5 Å². The van der Waals surface area contributed by atoms with E-state index in [1.54, 1.807) is 25.3 Å². The second kappa shape index (κ2) is 20.7. The summed E-state index contributed by atoms with van der Waals surface area (Å²) in [6, 6.07) is 17.3. The molecule has 1 aliphatic heterocycles. The first-order valence-corrected chi connectivity index (χ1v) is 20.0. The molecule has 0 unspecified atom stereocenters. The second-order valence-electron chi connectivity index (χ2n) is 12.7. The maximum Gasteiger partial charge on any atom is 0.258 e. The number of aromatic nitrogens is 2. The smallest absolute Gasteiger partial charge is 0.258 e. The summed E-state index contributed by atoms with van der Waals surface area (Å²) in [4.78, 5) is 33.7. The molecule has 0 radical (unpaired) electrons. The molecule has 58 heavy (non-hydrogen) atoms. The van der Waals surface area contributed by atoms with Crippen molar-refractivity contribution in [3.63, 3.8) is 0 Å². The van der Waals surface area contributed by atoms with E-state index in [2.05, 4.69) is 57.8 Å². The predicted octanol–water partition coefficient (Wildman–Crippen LogP) is 8.12. The topological polar surface area (TPSA) is 151 Å². The van der Waals surface area contributed by atoms with Gasteiger partial charge in [0.1, 0.15) is 30.3 Å². The molecule has 0 atom stereocenters. The monoisotopic (exact) mass is 941 g/mol. The van der Waals surface area contributed by atoms with Gasteiger partial charge in [-0.3, -0.25) is 9.59 Å². The molecular weight excluding hydrogens is 905 g/mol. The first-order chi connectivity index (χ1) is 28.1. The van der Waals surface area contributed by atoms with E-state index in [0.717, 1.165) is 22.4 Å². The number of carbonyl (C=O) groups is 2. The Morgan fingerprint density at radius 2 is 1.60 bits per heavy atom. The minimum atomic E-state index is -0.515. The summed E-state index contributed by atoms with van der Waals surface area (Å²) in [6.45, 7) is 4.38. The number of ether oxygens (including phenoxy) is 6. The van der Waals surface area contributed by atoms with Gasteiger partial charge in [-0.25, -0.2) is 14.4 Å². The summed E-state index contributed by atoms with van der Waals surface area (Å²) in [7, 11) is 1.54. The lowest BCUT2D eigenvalue weighted by Crippen LogP contribution is -2.32. The summed E-state index contributed by atoms with van der Waals surface area (Å²) < 4.78 is 48.9. The Labute approximate surface area is 355 Å². The number of nitrogens with zero attached hydrogens (tertiary/aromatic N) is 2. The Hall–Kier alpha value is -4.84. The molecule has 0 saturated heterocycles. The van der Waals surface area contributed by atoms with E-state index in [-0.39, 0.29) is 30.1 Å². The van der Waals surface area contributed by atoms with Crippen molar-refractivity contribution >= 4 is 95.0 Å². The molecule has 3 N–H and O–H groups in total. The normalized spacial score (nSPS) is 12.7. The molecule has 2 amide bonds. The van der Waals surface area contributed by atoms with Crippen LogP contribution in [0.4, 0.5) is 21.6 Å². The van der Waals surface area contributed by atoms with Gasteiger partial charge >= 0.3 is 0 Å². The highest BCUT2D eigenvalue weighted by molar-refractivity contribution is 9.11. The van der Waals surface area contributed by atoms with Gasteiger partial charge < -0.3 is 44.4 Å². The van der Waals surface area contributed by atoms with Crippen LogP contribution in [0.3, 0.4) is 0 Å². The molecule has 5 aromatic rings. The molecule has 4 aromatic carbocycles. The van der Waals surface area contributed by atoms with E-state index >= 15 is 0 Å². The van der Waals surface area contributed by atoms with Gasteiger partial charge in [-0.1, -0.05) is 23.2 Å². The summed E-state index contributed by atoms with van der Waals surface area (Å²) in [6.07, 6.45) is 3.23. The molecule has 17 heteroatoms. The van der Waals surface area contributed by atoms with Gasteiger partial charge in [0.15, 0.2) is 18.1 Å². The number of halogens is 4. The standard InChI is InChI=1S/C41H39Br2ClFN5O8/c1-24-3-6-34-27(15-24)28(41(52)50-34)16-25-17-30(42)39(31(43)18-25)58-22-38(51)46-7-8-54-9-10-55-11-12-56-13-14-57-37-20-29-35(21-36(37)53-2)47-23-48-40(29)49-26-4-5-33(45)32(44)19-26/h3-6,15-21,23H,7-14,22H2,1-2H3,(H,46,51)(H,50,52)(H,47,48,49)/b28-16-. The highest BCUT2D eigenvalue weighted by Gasteiger charge is 2.24. The molecule has 0 spiro atoms. The van der Waals surface area contributed by atoms with Crippen molar-refractivity contribution in [2.45, 2.75) is 6.92 Å². The van der Waals surface area contributed by atoms with E-state index < -0.39 is 5.82 Å². The fourth-order valence-electron chi connectivity index (χ4n) is 5.76. The maximum atomic E-state index is 13.6. The Balaban J connectivity index is 0.826. The van der Waals surface area contributed by atoms with E-state index in [1.807, 2.05) is 43.3 Å². The molecule has 304 valence electrons. The van der Waals surface area contributed by atoms with Gasteiger partial charge in [0.05, 0.1) is 66.2 Å². The maximum absolute atomic E-state index is 13.6. The van der Waals surface area contributed by atoms with Crippen molar-refractivity contribution in [3.8, 4) is 17.2 Å². The SMILES string of the molecule is COc1cc2ncnc(Nc3ccc(F)c(Cl)c3)c2cc1OCCOCCOCCOCCNC(=O)COc1c(Br)cc(/C=C2\C(=O)Nc3ccc(C)cc32)cc1Br. The van der Waals surface area contributed by atoms with Gasteiger partial charge in [-0.05, 0) is 99.0 Å². The second-order valence-corrected chi connectivity index (χ2v) is 14.8. The molecule has 6 rings (SSSR count). The Morgan fingerprint density at radius 1 is 0.879 bits per heavy atom. The third-order valence-corrected chi connectivity index (χ3v) is 10.0. The van der Waals surface area contributed by atoms with E-state index in [9.17, 15) is 14.0 Å². The van der Waals surface area contributed by atoms with Crippen LogP contribution in [0.15, 0.2) is 75.9 Å². The predicted molar refractivity (Wildman–Crippen MR) is 227 cm³/mol. The summed E-state index contributed by atoms with van der Waals surface area (Å²) in [5.41, 5.74) is 5.25. The molecule has 1 aliphatic rings. The molecule has 0 aliphatic carbocycles. The van der Waals surface area contributed by atoms with Crippen molar-refractivity contribution in [2.75, 3.05) is 77.1 Å². The van der Waals surface area contributed by atoms with Gasteiger partial charge in [0.25, 0.3) is 11.8 Å². The van der Waals surface area contributed by atoms with Crippen molar-refractivity contribution in [1.82, 2.24) is 15.3 Å². The van der Waals surface area contributed by atoms with Crippen LogP contribution in [0.5, 0.6) is 17.2 Å². The minimum Gasteiger partial charge on any atom is -0.493 e. The Bertz CT molecular complexity index is 2290. The fourth-order valence-corrected chi connectivity index (χ4v) is 7.39. The third-order valence-electron chi connectivity index (χ3n) is 8.54. The van der Waals surface area contributed by atoms with E-state index in [1.165, 1.54) is 18.5 Å². The average Bonchev–Trinajstić information content (AvgIpc) is 3.50. The molecule has 0 fully saturated rings. The van der Waals surface area contributed by atoms with Crippen molar-refractivity contribution < 1.29 is 42.4 Å². The number of aryl methyl sites for hydroxylation is 1. The first-order valence-electron chi connectivity index (χ1n) is 18.0. The number of methoxy groups -OCH3 is 1. The van der Waals surface area contributed by atoms with Crippen molar-refractivity contribution in [3.05, 3.63) is 103 Å². The quantitative estimate of drug-likeness (QED) is 0.0513. The zero-order chi connectivity index (χ0) is 41.0. The van der Waals surface area contributed by atoms with Crippen LogP contribution in [-0.2, 0) is 23.8 Å². The van der Waals surface area contributed by atoms with Crippen LogP contribution in [0.25, 0.3) is 22.6 Å². The highest BCUT2D eigenvalue weighted by atomic mass is 79.9. The Kier molecular flexibility index (Phi) is 15.3. The lowest BCUT2D eigenvalue weighted by molar-refractivity contribution is -0.123. The number of rotatable bonds is 20. The van der Waals surface area contributed by atoms with E-state index in [4.69, 9.17) is 40.0 Å². The lowest BCUT2D eigenvalue weighted by Gasteiger charge is -2.14. The number of benzene rings is 4. The molecule has 2 heterocycles. The van der Waals surface area contributed by atoms with Crippen molar-refractivity contribution in [1.29, 1.82) is 0 Å². The van der Waals surface area contributed by atoms with Crippen LogP contribution in [0, 0.1) is 12.7 Å². The number of hydrogen-bond acceptors (Lipinski definition) is 11. The van der Waals surface area contributed by atoms with Crippen LogP contribution < -0.4 is 30.2 Å². The minimum absolute atomic E-state index is 0.00775. The first kappa shape index (κ1) is 42.8. The molecule has 13 nitrogen and oxygen atoms in total. The van der Waals surface area contributed by atoms with Gasteiger partial charge in [0.2, 0.25) is 0 Å². The summed E-state index contributed by atoms with van der Waals surface area (Å²) in [5.74, 6) is 0.949. The molecule has 0 bridgehead atoms. The average molecular weight is 944 g/mol. The number of nitrogens with one attached hydrogen (secondary N) is 3. The number of hydrogen-bond donors (Lipinski definition) is 3. The number of fused-ring (bicyclic) bond motifs is 2. The largest absolute Gasteiger partial charge is 0.493 e. The van der Waals surface area contributed by atoms with Crippen LogP contribution in [-0.4, -0.2) is 88.3 Å². The number of carbonyl (C=O) groups excluding carboxylic acids is 2. The Morgan fingerprint density at radius 3 is 2.33 bits per heavy atom.